The maximum atomic E-state index is 12.9. The van der Waals surface area contributed by atoms with Gasteiger partial charge in [0.25, 0.3) is 5.91 Å². The molecule has 5 heteroatoms. The van der Waals surface area contributed by atoms with Crippen molar-refractivity contribution in [3.05, 3.63) is 60.2 Å². The average Bonchev–Trinajstić information content (AvgIpc) is 3.41. The third-order valence-corrected chi connectivity index (χ3v) is 6.15. The Morgan fingerprint density at radius 2 is 1.83 bits per heavy atom. The zero-order valence-electron chi connectivity index (χ0n) is 17.5. The van der Waals surface area contributed by atoms with Crippen LogP contribution >= 0.6 is 0 Å². The first kappa shape index (κ1) is 19.9. The number of nitrogens with zero attached hydrogens (tertiary/aromatic N) is 3. The fraction of sp³-hybridized carbons (Fsp3) is 0.458. The van der Waals surface area contributed by atoms with Crippen LogP contribution in [0, 0.1) is 0 Å². The molecule has 2 aliphatic rings. The lowest BCUT2D eigenvalue weighted by atomic mass is 10.2. The van der Waals surface area contributed by atoms with E-state index in [9.17, 15) is 4.79 Å². The maximum absolute atomic E-state index is 12.9. The lowest BCUT2D eigenvalue weighted by molar-refractivity contribution is 0.0680. The van der Waals surface area contributed by atoms with E-state index < -0.39 is 0 Å². The molecular weight excluding hydrogens is 362 g/mol. The van der Waals surface area contributed by atoms with Crippen molar-refractivity contribution in [2.75, 3.05) is 36.2 Å². The monoisotopic (exact) mass is 393 g/mol. The van der Waals surface area contributed by atoms with Gasteiger partial charge < -0.3 is 4.90 Å². The minimum Gasteiger partial charge on any atom is -0.370 e. The number of carbonyl (C=O) groups is 1. The van der Waals surface area contributed by atoms with Gasteiger partial charge in [-0.1, -0.05) is 18.2 Å². The zero-order chi connectivity index (χ0) is 20.2. The number of hydroxylamine groups is 1. The molecule has 0 bridgehead atoms. The number of amides is 1. The predicted octanol–water partition coefficient (Wildman–Crippen LogP) is 4.35. The highest BCUT2D eigenvalue weighted by Crippen LogP contribution is 2.29. The van der Waals surface area contributed by atoms with Crippen LogP contribution in [0.3, 0.4) is 0 Å². The predicted molar refractivity (Wildman–Crippen MR) is 117 cm³/mol. The zero-order valence-corrected chi connectivity index (χ0v) is 17.5. The topological polar surface area (TPSA) is 36.0 Å². The Hall–Kier alpha value is -2.37. The van der Waals surface area contributed by atoms with Crippen molar-refractivity contribution in [3.8, 4) is 0 Å². The molecule has 2 fully saturated rings. The van der Waals surface area contributed by atoms with E-state index in [2.05, 4.69) is 28.9 Å². The Morgan fingerprint density at radius 1 is 1.07 bits per heavy atom. The maximum Gasteiger partial charge on any atom is 0.282 e. The molecule has 2 unspecified atom stereocenters. The molecule has 2 atom stereocenters. The molecule has 1 amide bonds. The first-order chi connectivity index (χ1) is 14.2. The molecule has 0 spiro atoms. The molecule has 2 aromatic carbocycles. The Bertz CT molecular complexity index is 809. The largest absolute Gasteiger partial charge is 0.370 e. The highest BCUT2D eigenvalue weighted by atomic mass is 16.7. The number of benzene rings is 2. The summed E-state index contributed by atoms with van der Waals surface area (Å²) in [5.41, 5.74) is 2.59. The van der Waals surface area contributed by atoms with E-state index >= 15 is 0 Å². The van der Waals surface area contributed by atoms with E-state index in [1.165, 1.54) is 36.6 Å². The quantitative estimate of drug-likeness (QED) is 0.684. The summed E-state index contributed by atoms with van der Waals surface area (Å²) in [5.74, 6) is -0.149. The van der Waals surface area contributed by atoms with Crippen LogP contribution in [-0.2, 0) is 4.84 Å². The number of hydrogen-bond acceptors (Lipinski definition) is 4. The molecule has 0 aliphatic carbocycles. The Labute approximate surface area is 173 Å². The lowest BCUT2D eigenvalue weighted by Gasteiger charge is -2.29. The second-order valence-corrected chi connectivity index (χ2v) is 8.02. The first-order valence-corrected chi connectivity index (χ1v) is 10.8. The van der Waals surface area contributed by atoms with Gasteiger partial charge >= 0.3 is 0 Å². The first-order valence-electron chi connectivity index (χ1n) is 10.8. The highest BCUT2D eigenvalue weighted by Gasteiger charge is 2.33. The molecule has 2 aromatic rings. The smallest absolute Gasteiger partial charge is 0.282 e. The van der Waals surface area contributed by atoms with Gasteiger partial charge in [0.15, 0.2) is 0 Å². The highest BCUT2D eigenvalue weighted by molar-refractivity contribution is 6.04. The Kier molecular flexibility index (Phi) is 6.16. The normalized spacial score (nSPS) is 22.2. The lowest BCUT2D eigenvalue weighted by Crippen LogP contribution is -2.39. The summed E-state index contributed by atoms with van der Waals surface area (Å²) < 4.78 is 0. The molecule has 0 saturated carbocycles. The summed E-state index contributed by atoms with van der Waals surface area (Å²) >= 11 is 0. The number of carbonyl (C=O) groups excluding carboxylic acids is 1. The van der Waals surface area contributed by atoms with E-state index in [4.69, 9.17) is 4.84 Å². The molecular formula is C24H31N3O2. The van der Waals surface area contributed by atoms with Crippen LogP contribution < -0.4 is 9.96 Å². The molecule has 0 aromatic heterocycles. The molecule has 4 rings (SSSR count). The summed E-state index contributed by atoms with van der Waals surface area (Å²) in [6, 6.07) is 18.8. The van der Waals surface area contributed by atoms with Gasteiger partial charge in [-0.05, 0) is 76.1 Å². The molecule has 154 valence electrons. The third kappa shape index (κ3) is 4.31. The summed E-state index contributed by atoms with van der Waals surface area (Å²) in [5, 5.41) is 1.40. The van der Waals surface area contributed by atoms with E-state index in [0.717, 1.165) is 18.8 Å². The van der Waals surface area contributed by atoms with Gasteiger partial charge in [0.1, 0.15) is 0 Å². The van der Waals surface area contributed by atoms with Crippen LogP contribution in [0.5, 0.6) is 0 Å². The van der Waals surface area contributed by atoms with Gasteiger partial charge in [0.2, 0.25) is 0 Å². The summed E-state index contributed by atoms with van der Waals surface area (Å²) in [7, 11) is 0. The minimum absolute atomic E-state index is 0.149. The summed E-state index contributed by atoms with van der Waals surface area (Å²) in [4.78, 5) is 23.7. The minimum atomic E-state index is -0.149. The Balaban J connectivity index is 1.45. The number of rotatable bonds is 6. The van der Waals surface area contributed by atoms with Crippen molar-refractivity contribution in [3.63, 3.8) is 0 Å². The van der Waals surface area contributed by atoms with Gasteiger partial charge in [0.05, 0.1) is 12.3 Å². The SMILES string of the molecule is CCON(C(=O)c1ccccc1)c1ccc(N2CCC(N3CCCC3C)C2)cc1. The van der Waals surface area contributed by atoms with Crippen LogP contribution in [0.1, 0.15) is 43.5 Å². The van der Waals surface area contributed by atoms with E-state index in [1.54, 1.807) is 0 Å². The van der Waals surface area contributed by atoms with E-state index in [1.807, 2.05) is 49.4 Å². The Morgan fingerprint density at radius 3 is 2.48 bits per heavy atom. The van der Waals surface area contributed by atoms with Crippen LogP contribution in [0.15, 0.2) is 54.6 Å². The molecule has 5 nitrogen and oxygen atoms in total. The van der Waals surface area contributed by atoms with Crippen molar-refractivity contribution in [2.45, 2.75) is 45.2 Å². The van der Waals surface area contributed by atoms with Crippen molar-refractivity contribution in [1.29, 1.82) is 0 Å². The van der Waals surface area contributed by atoms with Gasteiger partial charge in [-0.2, -0.15) is 5.06 Å². The fourth-order valence-corrected chi connectivity index (χ4v) is 4.62. The molecule has 0 N–H and O–H groups in total. The van der Waals surface area contributed by atoms with Crippen LogP contribution in [0.4, 0.5) is 11.4 Å². The molecule has 2 aliphatic heterocycles. The van der Waals surface area contributed by atoms with Gasteiger partial charge in [-0.3, -0.25) is 14.5 Å². The second kappa shape index (κ2) is 8.97. The molecule has 29 heavy (non-hydrogen) atoms. The fourth-order valence-electron chi connectivity index (χ4n) is 4.62. The summed E-state index contributed by atoms with van der Waals surface area (Å²) in [6.07, 6.45) is 3.88. The number of likely N-dealkylation sites (tertiary alicyclic amines) is 1. The van der Waals surface area contributed by atoms with Gasteiger partial charge in [0, 0.05) is 36.4 Å². The van der Waals surface area contributed by atoms with E-state index in [0.29, 0.717) is 24.3 Å². The second-order valence-electron chi connectivity index (χ2n) is 8.02. The van der Waals surface area contributed by atoms with Crippen molar-refractivity contribution < 1.29 is 9.63 Å². The third-order valence-electron chi connectivity index (χ3n) is 6.15. The van der Waals surface area contributed by atoms with Crippen molar-refractivity contribution in [2.24, 2.45) is 0 Å². The molecule has 2 saturated heterocycles. The standard InChI is InChI=1S/C24H31N3O2/c1-3-29-27(24(28)20-9-5-4-6-10-20)22-13-11-21(12-14-22)25-17-15-23(18-25)26-16-7-8-19(26)2/h4-6,9-14,19,23H,3,7-8,15-18H2,1-2H3. The number of hydrogen-bond donors (Lipinski definition) is 0. The van der Waals surface area contributed by atoms with Gasteiger partial charge in [-0.25, -0.2) is 0 Å². The average molecular weight is 394 g/mol. The van der Waals surface area contributed by atoms with Crippen LogP contribution in [0.25, 0.3) is 0 Å². The van der Waals surface area contributed by atoms with Crippen molar-refractivity contribution >= 4 is 17.3 Å². The van der Waals surface area contributed by atoms with Crippen LogP contribution in [0.2, 0.25) is 0 Å². The van der Waals surface area contributed by atoms with E-state index in [-0.39, 0.29) is 5.91 Å². The molecule has 0 radical (unpaired) electrons. The van der Waals surface area contributed by atoms with Crippen LogP contribution in [-0.4, -0.2) is 49.1 Å². The van der Waals surface area contributed by atoms with Gasteiger partial charge in [-0.15, -0.1) is 0 Å². The molecule has 2 heterocycles. The van der Waals surface area contributed by atoms with Crippen molar-refractivity contribution in [1.82, 2.24) is 4.90 Å². The number of anilines is 2. The summed E-state index contributed by atoms with van der Waals surface area (Å²) in [6.45, 7) is 8.10.